The Balaban J connectivity index is 2.47. The molecule has 1 unspecified atom stereocenters. The lowest BCUT2D eigenvalue weighted by atomic mass is 10.1. The zero-order valence-corrected chi connectivity index (χ0v) is 20.1. The molecule has 1 aliphatic rings. The minimum Gasteiger partial charge on any atom is -0.403 e. The highest BCUT2D eigenvalue weighted by Crippen LogP contribution is 2.34. The highest BCUT2D eigenvalue weighted by atomic mass is 35.5. The van der Waals surface area contributed by atoms with E-state index in [1.54, 1.807) is 6.92 Å². The highest BCUT2D eigenvalue weighted by Gasteiger charge is 2.35. The minimum atomic E-state index is -4.66. The number of carbonyl (C=O) groups excluding carboxylic acids is 1. The number of benzene rings is 1. The van der Waals surface area contributed by atoms with Gasteiger partial charge in [0, 0.05) is 29.5 Å². The molecule has 1 atom stereocenters. The number of aliphatic imine (C=N–C) groups is 3. The SMILES string of the molecule is C=C(N=C/C(Cl)=C\N)N=C(N=C(C)N)C(C)N(CC1CC1)C(=O)c1cc(Cl)cc(C(F)(F)F)c1. The normalized spacial score (nSPS) is 16.6. The van der Waals surface area contributed by atoms with Crippen LogP contribution < -0.4 is 11.5 Å². The molecule has 1 saturated carbocycles. The summed E-state index contributed by atoms with van der Waals surface area (Å²) in [5.41, 5.74) is 9.83. The largest absolute Gasteiger partial charge is 0.416 e. The van der Waals surface area contributed by atoms with E-state index in [4.69, 9.17) is 34.7 Å². The fraction of sp³-hybridized carbons (Fsp3) is 0.364. The van der Waals surface area contributed by atoms with Crippen LogP contribution in [-0.2, 0) is 6.18 Å². The number of nitrogens with two attached hydrogens (primary N) is 2. The molecule has 2 rings (SSSR count). The fourth-order valence-electron chi connectivity index (χ4n) is 2.91. The van der Waals surface area contributed by atoms with Crippen molar-refractivity contribution < 1.29 is 18.0 Å². The molecule has 0 heterocycles. The predicted octanol–water partition coefficient (Wildman–Crippen LogP) is 4.96. The van der Waals surface area contributed by atoms with Crippen LogP contribution in [0.25, 0.3) is 0 Å². The first-order valence-electron chi connectivity index (χ1n) is 10.2. The Hall–Kier alpha value is -2.85. The molecular formula is C22H25Cl2F3N6O. The van der Waals surface area contributed by atoms with Crippen molar-refractivity contribution in [3.8, 4) is 0 Å². The van der Waals surface area contributed by atoms with Gasteiger partial charge in [-0.2, -0.15) is 13.2 Å². The molecule has 0 bridgehead atoms. The van der Waals surface area contributed by atoms with Crippen molar-refractivity contribution in [3.63, 3.8) is 0 Å². The Kier molecular flexibility index (Phi) is 9.29. The number of carbonyl (C=O) groups is 1. The first-order chi connectivity index (χ1) is 15.8. The Bertz CT molecular complexity index is 1060. The van der Waals surface area contributed by atoms with Crippen LogP contribution in [0, 0.1) is 5.92 Å². The fourth-order valence-corrected chi connectivity index (χ4v) is 3.19. The molecule has 4 N–H and O–H groups in total. The summed E-state index contributed by atoms with van der Waals surface area (Å²) in [6, 6.07) is 1.97. The monoisotopic (exact) mass is 516 g/mol. The van der Waals surface area contributed by atoms with Crippen molar-refractivity contribution in [3.05, 3.63) is 58.0 Å². The predicted molar refractivity (Wildman–Crippen MR) is 130 cm³/mol. The summed E-state index contributed by atoms with van der Waals surface area (Å²) >= 11 is 11.7. The number of hydrogen-bond donors (Lipinski definition) is 2. The van der Waals surface area contributed by atoms with E-state index in [-0.39, 0.29) is 39.0 Å². The minimum absolute atomic E-state index is 0.00721. The molecule has 0 saturated heterocycles. The van der Waals surface area contributed by atoms with Crippen LogP contribution in [-0.4, -0.2) is 41.3 Å². The van der Waals surface area contributed by atoms with Crippen molar-refractivity contribution in [2.45, 2.75) is 38.9 Å². The Labute approximate surface area is 205 Å². The van der Waals surface area contributed by atoms with Crippen molar-refractivity contribution in [1.29, 1.82) is 0 Å². The molecule has 12 heteroatoms. The lowest BCUT2D eigenvalue weighted by molar-refractivity contribution is -0.137. The highest BCUT2D eigenvalue weighted by molar-refractivity contribution is 6.39. The van der Waals surface area contributed by atoms with Crippen LogP contribution in [0.5, 0.6) is 0 Å². The number of hydrogen-bond acceptors (Lipinski definition) is 4. The van der Waals surface area contributed by atoms with Crippen molar-refractivity contribution in [2.24, 2.45) is 32.4 Å². The molecule has 34 heavy (non-hydrogen) atoms. The molecule has 1 aliphatic carbocycles. The lowest BCUT2D eigenvalue weighted by Crippen LogP contribution is -2.44. The first-order valence-corrected chi connectivity index (χ1v) is 11.0. The molecule has 0 aliphatic heterocycles. The maximum absolute atomic E-state index is 13.4. The van der Waals surface area contributed by atoms with E-state index in [2.05, 4.69) is 21.6 Å². The molecule has 7 nitrogen and oxygen atoms in total. The van der Waals surface area contributed by atoms with Crippen LogP contribution in [0.2, 0.25) is 5.02 Å². The third-order valence-corrected chi connectivity index (χ3v) is 5.20. The zero-order valence-electron chi connectivity index (χ0n) is 18.6. The van der Waals surface area contributed by atoms with E-state index >= 15 is 0 Å². The summed E-state index contributed by atoms with van der Waals surface area (Å²) in [6.45, 7) is 7.18. The molecule has 184 valence electrons. The van der Waals surface area contributed by atoms with Crippen LogP contribution in [0.4, 0.5) is 13.2 Å². The van der Waals surface area contributed by atoms with E-state index < -0.39 is 23.7 Å². The standard InChI is InChI=1S/C22H25Cl2F3N6O/c1-12(20(31-13(2)29)32-14(3)30-10-19(24)9-28)33(11-15-4-5-15)21(34)16-6-17(22(25,26)27)8-18(23)7-16/h6-10,12,15H,3-5,11,28H2,1-2H3,(H2,29,31,32)/b19-9+,30-10?. The number of rotatable bonds is 8. The molecule has 0 spiro atoms. The van der Waals surface area contributed by atoms with E-state index in [1.165, 1.54) is 24.1 Å². The van der Waals surface area contributed by atoms with Gasteiger partial charge in [-0.3, -0.25) is 4.79 Å². The Morgan fingerprint density at radius 1 is 1.32 bits per heavy atom. The molecule has 1 amide bonds. The van der Waals surface area contributed by atoms with Gasteiger partial charge in [-0.15, -0.1) is 0 Å². The van der Waals surface area contributed by atoms with E-state index in [0.29, 0.717) is 6.54 Å². The van der Waals surface area contributed by atoms with Gasteiger partial charge in [-0.05, 0) is 50.8 Å². The number of amides is 1. The van der Waals surface area contributed by atoms with E-state index in [9.17, 15) is 18.0 Å². The van der Waals surface area contributed by atoms with Crippen molar-refractivity contribution >= 4 is 47.0 Å². The quantitative estimate of drug-likeness (QED) is 0.376. The number of halogens is 5. The summed E-state index contributed by atoms with van der Waals surface area (Å²) in [6.07, 6.45) is -0.509. The van der Waals surface area contributed by atoms with E-state index in [0.717, 1.165) is 31.2 Å². The van der Waals surface area contributed by atoms with Gasteiger partial charge in [0.05, 0.1) is 22.5 Å². The molecule has 1 aromatic carbocycles. The van der Waals surface area contributed by atoms with Crippen molar-refractivity contribution in [1.82, 2.24) is 4.90 Å². The van der Waals surface area contributed by atoms with Gasteiger partial charge >= 0.3 is 6.18 Å². The Morgan fingerprint density at radius 2 is 1.97 bits per heavy atom. The number of nitrogens with zero attached hydrogens (tertiary/aromatic N) is 4. The van der Waals surface area contributed by atoms with Crippen LogP contribution in [0.1, 0.15) is 42.6 Å². The molecule has 0 radical (unpaired) electrons. The number of amidine groups is 2. The molecule has 1 fully saturated rings. The second kappa shape index (κ2) is 11.5. The van der Waals surface area contributed by atoms with Crippen LogP contribution in [0.3, 0.4) is 0 Å². The third kappa shape index (κ3) is 8.18. The average Bonchev–Trinajstić information content (AvgIpc) is 3.57. The zero-order chi connectivity index (χ0) is 25.6. The van der Waals surface area contributed by atoms with Gasteiger partial charge in [0.2, 0.25) is 0 Å². The van der Waals surface area contributed by atoms with Gasteiger partial charge in [0.25, 0.3) is 5.91 Å². The number of allylic oxidation sites excluding steroid dienone is 1. The topological polar surface area (TPSA) is 109 Å². The van der Waals surface area contributed by atoms with E-state index in [1.807, 2.05) is 0 Å². The molecular weight excluding hydrogens is 492 g/mol. The second-order valence-electron chi connectivity index (χ2n) is 7.75. The first kappa shape index (κ1) is 27.4. The van der Waals surface area contributed by atoms with Gasteiger partial charge < -0.3 is 16.4 Å². The maximum Gasteiger partial charge on any atom is 0.416 e. The summed E-state index contributed by atoms with van der Waals surface area (Å²) in [5, 5.41) is -0.0501. The average molecular weight is 517 g/mol. The summed E-state index contributed by atoms with van der Waals surface area (Å²) in [5.74, 6) is -0.169. The second-order valence-corrected chi connectivity index (χ2v) is 8.63. The molecule has 1 aromatic rings. The van der Waals surface area contributed by atoms with Gasteiger partial charge in [-0.25, -0.2) is 15.0 Å². The lowest BCUT2D eigenvalue weighted by Gasteiger charge is -2.29. The molecule has 0 aromatic heterocycles. The van der Waals surface area contributed by atoms with Gasteiger partial charge in [0.15, 0.2) is 5.84 Å². The van der Waals surface area contributed by atoms with Gasteiger partial charge in [-0.1, -0.05) is 29.8 Å². The van der Waals surface area contributed by atoms with Gasteiger partial charge in [0.1, 0.15) is 5.82 Å². The number of alkyl halides is 3. The smallest absolute Gasteiger partial charge is 0.403 e. The van der Waals surface area contributed by atoms with Crippen molar-refractivity contribution in [2.75, 3.05) is 6.54 Å². The Morgan fingerprint density at radius 3 is 2.50 bits per heavy atom. The summed E-state index contributed by atoms with van der Waals surface area (Å²) in [7, 11) is 0. The summed E-state index contributed by atoms with van der Waals surface area (Å²) in [4.78, 5) is 27.2. The van der Waals surface area contributed by atoms with Crippen LogP contribution >= 0.6 is 23.2 Å². The maximum atomic E-state index is 13.4. The third-order valence-electron chi connectivity index (χ3n) is 4.76. The summed E-state index contributed by atoms with van der Waals surface area (Å²) < 4.78 is 39.8. The van der Waals surface area contributed by atoms with Crippen LogP contribution in [0.15, 0.2) is 56.8 Å².